The number of aromatic nitrogens is 1. The lowest BCUT2D eigenvalue weighted by atomic mass is 9.72. The van der Waals surface area contributed by atoms with Gasteiger partial charge in [0.25, 0.3) is 0 Å². The predicted octanol–water partition coefficient (Wildman–Crippen LogP) is 6.43. The zero-order chi connectivity index (χ0) is 47.8. The number of carbonyl (C=O) groups is 6. The van der Waals surface area contributed by atoms with Crippen LogP contribution in [0.1, 0.15) is 109 Å². The Morgan fingerprint density at radius 2 is 1.50 bits per heavy atom. The van der Waals surface area contributed by atoms with E-state index in [2.05, 4.69) is 46.6 Å². The molecule has 0 bridgehead atoms. The maximum atomic E-state index is 12.8. The van der Waals surface area contributed by atoms with Gasteiger partial charge in [-0.2, -0.15) is 0 Å². The molecular weight excluding hydrogens is 849 g/mol. The number of alkyl carbamates (subject to hydrolysis) is 1. The molecule has 3 fully saturated rings. The Balaban J connectivity index is 1.10. The fraction of sp³-hybridized carbons (Fsp3) is 0.560. The van der Waals surface area contributed by atoms with Gasteiger partial charge in [-0.1, -0.05) is 48.6 Å². The van der Waals surface area contributed by atoms with Crippen LogP contribution in [0, 0.1) is 12.3 Å². The molecule has 3 saturated heterocycles. The van der Waals surface area contributed by atoms with Crippen LogP contribution >= 0.6 is 0 Å². The summed E-state index contributed by atoms with van der Waals surface area (Å²) in [4.78, 5) is 78.6. The molecule has 1 spiro atoms. The number of carbonyl (C=O) groups excluding carboxylic acids is 6. The van der Waals surface area contributed by atoms with Crippen molar-refractivity contribution in [2.45, 2.75) is 130 Å². The minimum atomic E-state index is -1.29. The number of amides is 2. The average molecular weight is 915 g/mol. The predicted molar refractivity (Wildman–Crippen MR) is 245 cm³/mol. The molecule has 16 nitrogen and oxygen atoms in total. The summed E-state index contributed by atoms with van der Waals surface area (Å²) < 4.78 is 36.1. The van der Waals surface area contributed by atoms with Gasteiger partial charge in [0, 0.05) is 65.5 Å². The second kappa shape index (κ2) is 21.7. The van der Waals surface area contributed by atoms with Crippen LogP contribution in [0.3, 0.4) is 0 Å². The molecular formula is C50H66N4O12. The van der Waals surface area contributed by atoms with Gasteiger partial charge in [0.2, 0.25) is 5.91 Å². The lowest BCUT2D eigenvalue weighted by Crippen LogP contribution is -2.60. The summed E-state index contributed by atoms with van der Waals surface area (Å²) in [5.74, 6) is -2.71. The Bertz CT molecular complexity index is 2250. The van der Waals surface area contributed by atoms with Gasteiger partial charge < -0.3 is 48.1 Å². The lowest BCUT2D eigenvalue weighted by molar-refractivity contribution is -0.267. The third-order valence-electron chi connectivity index (χ3n) is 12.4. The van der Waals surface area contributed by atoms with Crippen LogP contribution in [0.2, 0.25) is 0 Å². The zero-order valence-corrected chi connectivity index (χ0v) is 39.6. The molecule has 66 heavy (non-hydrogen) atoms. The second-order valence-corrected chi connectivity index (χ2v) is 18.8. The third-order valence-corrected chi connectivity index (χ3v) is 12.4. The van der Waals surface area contributed by atoms with Crippen LogP contribution < -0.4 is 5.32 Å². The number of nitrogens with one attached hydrogen (secondary N) is 1. The van der Waals surface area contributed by atoms with Gasteiger partial charge >= 0.3 is 30.0 Å². The summed E-state index contributed by atoms with van der Waals surface area (Å²) in [7, 11) is 0. The summed E-state index contributed by atoms with van der Waals surface area (Å²) in [5, 5.41) is 3.57. The number of likely N-dealkylation sites (tertiary alicyclic amines) is 2. The molecule has 3 aromatic rings. The number of fused-ring (bicyclic) bond motifs is 1. The molecule has 2 amide bonds. The van der Waals surface area contributed by atoms with Crippen LogP contribution in [0.25, 0.3) is 17.0 Å². The minimum absolute atomic E-state index is 0.0579. The fourth-order valence-electron chi connectivity index (χ4n) is 9.52. The highest BCUT2D eigenvalue weighted by molar-refractivity contribution is 5.88. The van der Waals surface area contributed by atoms with E-state index in [1.165, 1.54) is 34.1 Å². The van der Waals surface area contributed by atoms with Gasteiger partial charge in [-0.3, -0.25) is 24.0 Å². The maximum absolute atomic E-state index is 12.8. The Morgan fingerprint density at radius 1 is 0.833 bits per heavy atom. The normalized spacial score (nSPS) is 22.2. The summed E-state index contributed by atoms with van der Waals surface area (Å²) >= 11 is 0. The van der Waals surface area contributed by atoms with Crippen LogP contribution in [-0.2, 0) is 58.8 Å². The molecule has 2 aromatic carbocycles. The number of hydrogen-bond acceptors (Lipinski definition) is 13. The third kappa shape index (κ3) is 13.2. The minimum Gasteiger partial charge on any atom is -0.463 e. The van der Waals surface area contributed by atoms with Crippen LogP contribution in [0.4, 0.5) is 4.79 Å². The Labute approximate surface area is 387 Å². The molecule has 6 rings (SSSR count). The maximum Gasteiger partial charge on any atom is 0.408 e. The molecule has 16 heteroatoms. The van der Waals surface area contributed by atoms with Crippen molar-refractivity contribution in [1.29, 1.82) is 0 Å². The molecule has 0 saturated carbocycles. The van der Waals surface area contributed by atoms with Crippen molar-refractivity contribution in [3.8, 4) is 0 Å². The number of ether oxygens (including phenoxy) is 6. The highest BCUT2D eigenvalue weighted by Gasteiger charge is 2.53. The van der Waals surface area contributed by atoms with Crippen molar-refractivity contribution in [1.82, 2.24) is 19.7 Å². The zero-order valence-electron chi connectivity index (χ0n) is 39.6. The first-order valence-corrected chi connectivity index (χ1v) is 22.9. The number of nitrogens with zero attached hydrogens (tertiary/aromatic N) is 3. The molecule has 5 atom stereocenters. The van der Waals surface area contributed by atoms with E-state index in [1.807, 2.05) is 40.8 Å². The molecule has 4 heterocycles. The standard InChI is InChI=1S/C50H66N4O12/c1-32-13-11-15-40-43(32)39(29-54(40)47-46(64-36(5)58)45(63-35(4)57)44(62-34(3)56)41(65-47)30-61-33(2)55)27-38-18-16-37(17-19-38)14-9-10-23-52-24-12-20-50(31-52)21-25-53(26-22-50)42(59)28-51-48(60)66-49(6,7)8/h9,11,13-19,29,41,44-47H,10,12,20-28,30-31H2,1-8H3,(H,51,60)/b14-9+/t41-,44-,45+,46-,47-/m1/s1. The van der Waals surface area contributed by atoms with Gasteiger partial charge in [-0.15, -0.1) is 0 Å². The molecule has 1 N–H and O–H groups in total. The monoisotopic (exact) mass is 914 g/mol. The number of hydrogen-bond donors (Lipinski definition) is 1. The summed E-state index contributed by atoms with van der Waals surface area (Å²) in [5.41, 5.74) is 4.51. The van der Waals surface area contributed by atoms with Crippen molar-refractivity contribution >= 4 is 52.9 Å². The quantitative estimate of drug-likeness (QED) is 0.138. The van der Waals surface area contributed by atoms with Crippen molar-refractivity contribution in [2.75, 3.05) is 45.9 Å². The second-order valence-electron chi connectivity index (χ2n) is 18.8. The summed E-state index contributed by atoms with van der Waals surface area (Å²) in [6, 6.07) is 14.3. The van der Waals surface area contributed by atoms with Crippen LogP contribution in [0.5, 0.6) is 0 Å². The number of rotatable bonds is 14. The van der Waals surface area contributed by atoms with E-state index in [0.29, 0.717) is 19.5 Å². The number of piperidine rings is 2. The summed E-state index contributed by atoms with van der Waals surface area (Å²) in [6.07, 6.45) is 5.50. The van der Waals surface area contributed by atoms with Crippen molar-refractivity contribution in [3.63, 3.8) is 0 Å². The van der Waals surface area contributed by atoms with E-state index in [1.54, 1.807) is 20.8 Å². The summed E-state index contributed by atoms with van der Waals surface area (Å²) in [6.45, 7) is 16.3. The Kier molecular flexibility index (Phi) is 16.3. The molecule has 3 aliphatic heterocycles. The number of esters is 4. The van der Waals surface area contributed by atoms with Crippen LogP contribution in [-0.4, -0.2) is 126 Å². The van der Waals surface area contributed by atoms with Crippen molar-refractivity contribution < 1.29 is 57.2 Å². The Morgan fingerprint density at radius 3 is 2.15 bits per heavy atom. The number of aryl methyl sites for hydroxylation is 1. The van der Waals surface area contributed by atoms with Gasteiger partial charge in [-0.25, -0.2) is 4.79 Å². The lowest BCUT2D eigenvalue weighted by Gasteiger charge is -2.47. The molecule has 1 aromatic heterocycles. The topological polar surface area (TPSA) is 181 Å². The molecule has 0 aliphatic carbocycles. The van der Waals surface area contributed by atoms with E-state index in [0.717, 1.165) is 78.5 Å². The Hall–Kier alpha value is -5.74. The molecule has 3 aliphatic rings. The average Bonchev–Trinajstić information content (AvgIpc) is 3.61. The largest absolute Gasteiger partial charge is 0.463 e. The van der Waals surface area contributed by atoms with Gasteiger partial charge in [-0.05, 0) is 106 Å². The first-order valence-electron chi connectivity index (χ1n) is 22.9. The molecule has 0 radical (unpaired) electrons. The smallest absolute Gasteiger partial charge is 0.408 e. The SMILES string of the molecule is CC(=O)OC[C@H]1O[C@@H](n2cc(Cc3ccc(/C=C/CCN4CCCC5(CCN(C(=O)CNC(=O)OC(C)(C)C)CC5)C4)cc3)c3c(C)cccc32)[C@H](OC(C)=O)[C@@H](OC(C)=O)[C@@H]1OC(C)=O. The number of benzene rings is 2. The van der Waals surface area contributed by atoms with Gasteiger partial charge in [0.15, 0.2) is 24.5 Å². The van der Waals surface area contributed by atoms with Crippen molar-refractivity contribution in [3.05, 3.63) is 77.0 Å². The van der Waals surface area contributed by atoms with E-state index in [-0.39, 0.29) is 24.5 Å². The highest BCUT2D eigenvalue weighted by atomic mass is 16.7. The van der Waals surface area contributed by atoms with Gasteiger partial charge in [0.05, 0.1) is 5.52 Å². The highest BCUT2D eigenvalue weighted by Crippen LogP contribution is 2.41. The van der Waals surface area contributed by atoms with Crippen molar-refractivity contribution in [2.24, 2.45) is 5.41 Å². The van der Waals surface area contributed by atoms with Crippen LogP contribution in [0.15, 0.2) is 54.7 Å². The molecule has 358 valence electrons. The van der Waals surface area contributed by atoms with E-state index in [4.69, 9.17) is 28.4 Å². The first kappa shape index (κ1) is 49.7. The van der Waals surface area contributed by atoms with E-state index < -0.39 is 66.2 Å². The van der Waals surface area contributed by atoms with E-state index >= 15 is 0 Å². The fourth-order valence-corrected chi connectivity index (χ4v) is 9.52. The molecule has 0 unspecified atom stereocenters. The first-order chi connectivity index (χ1) is 31.3. The van der Waals surface area contributed by atoms with Gasteiger partial charge in [0.1, 0.15) is 24.9 Å². The van der Waals surface area contributed by atoms with E-state index in [9.17, 15) is 28.8 Å².